The van der Waals surface area contributed by atoms with Crippen LogP contribution in [0.25, 0.3) is 10.8 Å². The molecule has 0 bridgehead atoms. The Morgan fingerprint density at radius 3 is 2.50 bits per heavy atom. The first-order valence-corrected chi connectivity index (χ1v) is 7.36. The number of nitriles is 1. The van der Waals surface area contributed by atoms with Gasteiger partial charge in [-0.05, 0) is 17.5 Å². The molecule has 0 unspecified atom stereocenters. The maximum absolute atomic E-state index is 11.5. The largest absolute Gasteiger partial charge is 0.382 e. The highest BCUT2D eigenvalue weighted by Crippen LogP contribution is 2.30. The lowest BCUT2D eigenvalue weighted by atomic mass is 10.1. The van der Waals surface area contributed by atoms with Crippen LogP contribution in [0.1, 0.15) is 0 Å². The van der Waals surface area contributed by atoms with Crippen molar-refractivity contribution in [3.8, 4) is 6.07 Å². The Morgan fingerprint density at radius 2 is 1.95 bits per heavy atom. The zero-order chi connectivity index (χ0) is 16.3. The van der Waals surface area contributed by atoms with Gasteiger partial charge in [0, 0.05) is 5.39 Å². The summed E-state index contributed by atoms with van der Waals surface area (Å²) in [5.41, 5.74) is 7.58. The lowest BCUT2D eigenvalue weighted by molar-refractivity contribution is 0.484. The molecule has 0 saturated carbocycles. The van der Waals surface area contributed by atoms with Gasteiger partial charge < -0.3 is 5.73 Å². The second-order valence-electron chi connectivity index (χ2n) is 4.23. The summed E-state index contributed by atoms with van der Waals surface area (Å²) in [7, 11) is -4.43. The van der Waals surface area contributed by atoms with E-state index in [1.807, 2.05) is 0 Å². The summed E-state index contributed by atoms with van der Waals surface area (Å²) in [5, 5.41) is 20.4. The van der Waals surface area contributed by atoms with Gasteiger partial charge in [-0.3, -0.25) is 15.4 Å². The Kier molecular flexibility index (Phi) is 4.07. The van der Waals surface area contributed by atoms with E-state index in [4.69, 9.17) is 16.4 Å². The first kappa shape index (κ1) is 15.4. The van der Waals surface area contributed by atoms with Crippen LogP contribution in [0.2, 0.25) is 0 Å². The van der Waals surface area contributed by atoms with Gasteiger partial charge in [0.15, 0.2) is 5.84 Å². The van der Waals surface area contributed by atoms with E-state index in [2.05, 4.69) is 10.5 Å². The number of nitrogens with one attached hydrogen (secondary N) is 2. The molecule has 0 saturated heterocycles. The van der Waals surface area contributed by atoms with Crippen LogP contribution < -0.4 is 11.2 Å². The Hall–Kier alpha value is -2.96. The molecule has 0 amide bonds. The summed E-state index contributed by atoms with van der Waals surface area (Å²) in [6.07, 6.45) is 0. The van der Waals surface area contributed by atoms with Crippen LogP contribution in [0.4, 0.5) is 5.69 Å². The van der Waals surface area contributed by atoms with Gasteiger partial charge in [0.1, 0.15) is 11.0 Å². The maximum Gasteiger partial charge on any atom is 0.295 e. The second-order valence-corrected chi connectivity index (χ2v) is 5.62. The van der Waals surface area contributed by atoms with Crippen molar-refractivity contribution in [2.45, 2.75) is 4.90 Å². The first-order valence-electron chi connectivity index (χ1n) is 5.92. The van der Waals surface area contributed by atoms with E-state index in [0.717, 1.165) is 0 Å². The molecule has 0 radical (unpaired) electrons. The molecule has 0 aromatic heterocycles. The molecule has 22 heavy (non-hydrogen) atoms. The van der Waals surface area contributed by atoms with E-state index in [1.165, 1.54) is 18.2 Å². The number of benzene rings is 2. The van der Waals surface area contributed by atoms with Gasteiger partial charge in [-0.1, -0.05) is 24.3 Å². The number of hydrogen-bond acceptors (Lipinski definition) is 6. The van der Waals surface area contributed by atoms with Gasteiger partial charge in [0.05, 0.1) is 5.69 Å². The van der Waals surface area contributed by atoms with Crippen LogP contribution in [-0.4, -0.2) is 24.5 Å². The van der Waals surface area contributed by atoms with Crippen molar-refractivity contribution in [3.05, 3.63) is 36.4 Å². The minimum absolute atomic E-state index is 0.220. The third-order valence-electron chi connectivity index (χ3n) is 2.79. The van der Waals surface area contributed by atoms with Crippen molar-refractivity contribution in [1.82, 2.24) is 0 Å². The number of rotatable bonds is 4. The van der Waals surface area contributed by atoms with Crippen molar-refractivity contribution in [1.29, 1.82) is 10.7 Å². The highest BCUT2D eigenvalue weighted by Gasteiger charge is 2.16. The molecule has 5 N–H and O–H groups in total. The van der Waals surface area contributed by atoms with Gasteiger partial charge in [-0.25, -0.2) is 0 Å². The summed E-state index contributed by atoms with van der Waals surface area (Å²) in [5.74, 6) is -0.523. The third kappa shape index (κ3) is 3.03. The van der Waals surface area contributed by atoms with E-state index in [0.29, 0.717) is 5.39 Å². The number of fused-ring (bicyclic) bond motifs is 1. The van der Waals surface area contributed by atoms with Crippen molar-refractivity contribution in [3.63, 3.8) is 0 Å². The second kappa shape index (κ2) is 5.80. The average molecular weight is 317 g/mol. The molecule has 0 heterocycles. The Labute approximate surface area is 126 Å². The molecule has 2 aromatic rings. The summed E-state index contributed by atoms with van der Waals surface area (Å²) < 4.78 is 32.3. The SMILES string of the molecule is N#C/C(=N\Nc1cccc2cccc(S(=O)(=O)O)c12)C(=N)N. The number of hydrogen-bond donors (Lipinski definition) is 4. The zero-order valence-electron chi connectivity index (χ0n) is 11.1. The molecule has 2 rings (SSSR count). The lowest BCUT2D eigenvalue weighted by Gasteiger charge is -2.09. The van der Waals surface area contributed by atoms with Gasteiger partial charge in [-0.2, -0.15) is 18.8 Å². The molecule has 9 heteroatoms. The van der Waals surface area contributed by atoms with Crippen LogP contribution in [0.3, 0.4) is 0 Å². The van der Waals surface area contributed by atoms with Crippen LogP contribution >= 0.6 is 0 Å². The summed E-state index contributed by atoms with van der Waals surface area (Å²) >= 11 is 0. The topological polar surface area (TPSA) is 152 Å². The van der Waals surface area contributed by atoms with Crippen molar-refractivity contribution in [2.75, 3.05) is 5.43 Å². The molecule has 0 fully saturated rings. The monoisotopic (exact) mass is 317 g/mol. The van der Waals surface area contributed by atoms with Crippen molar-refractivity contribution < 1.29 is 13.0 Å². The van der Waals surface area contributed by atoms with Gasteiger partial charge in [0.2, 0.25) is 5.71 Å². The van der Waals surface area contributed by atoms with Crippen LogP contribution in [0.15, 0.2) is 46.4 Å². The maximum atomic E-state index is 11.5. The van der Waals surface area contributed by atoms with E-state index >= 15 is 0 Å². The first-order chi connectivity index (χ1) is 10.3. The normalized spacial score (nSPS) is 11.9. The predicted molar refractivity (Wildman–Crippen MR) is 82.3 cm³/mol. The van der Waals surface area contributed by atoms with E-state index in [-0.39, 0.29) is 21.7 Å². The molecular weight excluding hydrogens is 306 g/mol. The molecule has 0 spiro atoms. The van der Waals surface area contributed by atoms with E-state index in [1.54, 1.807) is 24.3 Å². The number of nitrogens with two attached hydrogens (primary N) is 1. The molecule has 0 aliphatic rings. The Bertz CT molecular complexity index is 923. The van der Waals surface area contributed by atoms with Gasteiger partial charge >= 0.3 is 0 Å². The van der Waals surface area contributed by atoms with Gasteiger partial charge in [0.25, 0.3) is 10.1 Å². The highest BCUT2D eigenvalue weighted by atomic mass is 32.2. The number of nitrogens with zero attached hydrogens (tertiary/aromatic N) is 2. The zero-order valence-corrected chi connectivity index (χ0v) is 11.9. The minimum atomic E-state index is -4.43. The molecule has 0 aliphatic carbocycles. The van der Waals surface area contributed by atoms with E-state index < -0.39 is 16.0 Å². The van der Waals surface area contributed by atoms with Crippen molar-refractivity contribution in [2.24, 2.45) is 10.8 Å². The Morgan fingerprint density at radius 1 is 1.32 bits per heavy atom. The van der Waals surface area contributed by atoms with Crippen LogP contribution in [0.5, 0.6) is 0 Å². The lowest BCUT2D eigenvalue weighted by Crippen LogP contribution is -2.21. The number of amidine groups is 1. The fourth-order valence-electron chi connectivity index (χ4n) is 1.88. The molecule has 2 aromatic carbocycles. The summed E-state index contributed by atoms with van der Waals surface area (Å²) in [6, 6.07) is 10.9. The average Bonchev–Trinajstić information content (AvgIpc) is 2.46. The quantitative estimate of drug-likeness (QED) is 0.289. The number of anilines is 1. The fraction of sp³-hybridized carbons (Fsp3) is 0. The smallest absolute Gasteiger partial charge is 0.295 e. The minimum Gasteiger partial charge on any atom is -0.382 e. The molecule has 8 nitrogen and oxygen atoms in total. The fourth-order valence-corrected chi connectivity index (χ4v) is 2.61. The molecule has 0 aliphatic heterocycles. The van der Waals surface area contributed by atoms with E-state index in [9.17, 15) is 13.0 Å². The summed E-state index contributed by atoms with van der Waals surface area (Å²) in [6.45, 7) is 0. The van der Waals surface area contributed by atoms with Crippen molar-refractivity contribution >= 4 is 38.1 Å². The molecule has 112 valence electrons. The Balaban J connectivity index is 2.66. The standard InChI is InChI=1S/C13H11N5O3S/c14-7-10(13(15)16)18-17-9-5-1-3-8-4-2-6-11(12(8)9)22(19,20)21/h1-6,17H,(H3,15,16)(H,19,20,21)/b18-10+. The highest BCUT2D eigenvalue weighted by molar-refractivity contribution is 7.86. The molecular formula is C13H11N5O3S. The molecule has 0 atom stereocenters. The number of hydrazone groups is 1. The predicted octanol–water partition coefficient (Wildman–Crippen LogP) is 1.31. The summed E-state index contributed by atoms with van der Waals surface area (Å²) in [4.78, 5) is -0.287. The van der Waals surface area contributed by atoms with Crippen LogP contribution in [-0.2, 0) is 10.1 Å². The van der Waals surface area contributed by atoms with Crippen LogP contribution in [0, 0.1) is 16.7 Å². The van der Waals surface area contributed by atoms with Gasteiger partial charge in [-0.15, -0.1) is 0 Å². The third-order valence-corrected chi connectivity index (χ3v) is 3.69.